The van der Waals surface area contributed by atoms with E-state index in [9.17, 15) is 14.7 Å². The molecule has 0 saturated heterocycles. The van der Waals surface area contributed by atoms with Gasteiger partial charge in [0.05, 0.1) is 21.1 Å². The average Bonchev–Trinajstić information content (AvgIpc) is 3.34. The summed E-state index contributed by atoms with van der Waals surface area (Å²) in [5, 5.41) is 9.38. The molecule has 6 nitrogen and oxygen atoms in total. The Labute approximate surface area is 181 Å². The summed E-state index contributed by atoms with van der Waals surface area (Å²) in [6, 6.07) is 14.7. The van der Waals surface area contributed by atoms with Gasteiger partial charge in [-0.2, -0.15) is 0 Å². The smallest absolute Gasteiger partial charge is 0.335 e. The van der Waals surface area contributed by atoms with Crippen molar-refractivity contribution in [2.75, 3.05) is 0 Å². The standard InChI is InChI=1S/C24H19N3O3S/c1-13-8-9-16(23(29)30)11-20(13)26-14(2)10-17(15(26)3)12-21-22(28)27-19-7-5-4-6-18(19)25-24(27)31-21/h4-12H,1-3H3,(H,29,30). The van der Waals surface area contributed by atoms with Gasteiger partial charge >= 0.3 is 5.97 Å². The van der Waals surface area contributed by atoms with Gasteiger partial charge in [-0.3, -0.25) is 4.79 Å². The summed E-state index contributed by atoms with van der Waals surface area (Å²) >= 11 is 1.37. The summed E-state index contributed by atoms with van der Waals surface area (Å²) in [6.45, 7) is 5.91. The molecule has 0 bridgehead atoms. The van der Waals surface area contributed by atoms with Gasteiger partial charge in [-0.1, -0.05) is 29.5 Å². The van der Waals surface area contributed by atoms with Gasteiger partial charge in [0.1, 0.15) is 0 Å². The zero-order chi connectivity index (χ0) is 21.9. The number of fused-ring (bicyclic) bond motifs is 3. The van der Waals surface area contributed by atoms with E-state index in [0.29, 0.717) is 9.49 Å². The zero-order valence-corrected chi connectivity index (χ0v) is 18.0. The minimum atomic E-state index is -0.958. The van der Waals surface area contributed by atoms with Crippen molar-refractivity contribution in [3.63, 3.8) is 0 Å². The van der Waals surface area contributed by atoms with Crippen molar-refractivity contribution in [2.45, 2.75) is 20.8 Å². The van der Waals surface area contributed by atoms with Crippen molar-refractivity contribution in [1.82, 2.24) is 14.0 Å². The first kappa shape index (κ1) is 19.3. The number of aromatic nitrogens is 3. The Morgan fingerprint density at radius 2 is 1.87 bits per heavy atom. The quantitative estimate of drug-likeness (QED) is 0.472. The fourth-order valence-corrected chi connectivity index (χ4v) is 5.02. The summed E-state index contributed by atoms with van der Waals surface area (Å²) in [4.78, 5) is 29.8. The first-order valence-corrected chi connectivity index (χ1v) is 10.6. The number of imidazole rings is 1. The molecule has 154 valence electrons. The predicted molar refractivity (Wildman–Crippen MR) is 123 cm³/mol. The van der Waals surface area contributed by atoms with Gasteiger partial charge in [-0.25, -0.2) is 14.2 Å². The first-order valence-electron chi connectivity index (χ1n) is 9.80. The number of hydrogen-bond donors (Lipinski definition) is 1. The largest absolute Gasteiger partial charge is 0.478 e. The number of thiazole rings is 1. The van der Waals surface area contributed by atoms with Crippen LogP contribution in [0, 0.1) is 20.8 Å². The second-order valence-electron chi connectivity index (χ2n) is 7.60. The lowest BCUT2D eigenvalue weighted by Gasteiger charge is -2.13. The van der Waals surface area contributed by atoms with E-state index in [0.717, 1.165) is 39.2 Å². The molecule has 3 aromatic heterocycles. The van der Waals surface area contributed by atoms with Crippen LogP contribution in [0.4, 0.5) is 0 Å². The van der Waals surface area contributed by atoms with Crippen molar-refractivity contribution < 1.29 is 9.90 Å². The molecule has 0 aliphatic heterocycles. The maximum Gasteiger partial charge on any atom is 0.335 e. The van der Waals surface area contributed by atoms with Gasteiger partial charge in [-0.15, -0.1) is 0 Å². The van der Waals surface area contributed by atoms with E-state index in [2.05, 4.69) is 4.98 Å². The molecule has 0 aliphatic rings. The maximum absolute atomic E-state index is 13.1. The van der Waals surface area contributed by atoms with Crippen molar-refractivity contribution >= 4 is 39.4 Å². The number of rotatable bonds is 3. The Balaban J connectivity index is 1.70. The van der Waals surface area contributed by atoms with E-state index in [4.69, 9.17) is 0 Å². The third kappa shape index (κ3) is 2.97. The molecule has 0 unspecified atom stereocenters. The van der Waals surface area contributed by atoms with Crippen molar-refractivity contribution in [3.05, 3.63) is 91.5 Å². The van der Waals surface area contributed by atoms with Crippen molar-refractivity contribution in [1.29, 1.82) is 0 Å². The minimum absolute atomic E-state index is 0.0810. The molecule has 2 aromatic carbocycles. The van der Waals surface area contributed by atoms with Crippen LogP contribution in [0.3, 0.4) is 0 Å². The molecular weight excluding hydrogens is 410 g/mol. The number of carbonyl (C=O) groups is 1. The summed E-state index contributed by atoms with van der Waals surface area (Å²) < 4.78 is 4.31. The highest BCUT2D eigenvalue weighted by Gasteiger charge is 2.15. The molecule has 0 fully saturated rings. The maximum atomic E-state index is 13.1. The lowest BCUT2D eigenvalue weighted by atomic mass is 10.1. The second kappa shape index (κ2) is 6.92. The van der Waals surface area contributed by atoms with Gasteiger partial charge in [0, 0.05) is 17.1 Å². The summed E-state index contributed by atoms with van der Waals surface area (Å²) in [5.41, 5.74) is 6.41. The number of aromatic carboxylic acids is 1. The lowest BCUT2D eigenvalue weighted by molar-refractivity contribution is 0.0697. The third-order valence-corrected chi connectivity index (χ3v) is 6.57. The Morgan fingerprint density at radius 3 is 2.65 bits per heavy atom. The monoisotopic (exact) mass is 429 g/mol. The number of aryl methyl sites for hydroxylation is 2. The van der Waals surface area contributed by atoms with E-state index < -0.39 is 5.97 Å². The fraction of sp³-hybridized carbons (Fsp3) is 0.125. The van der Waals surface area contributed by atoms with Crippen LogP contribution in [0.2, 0.25) is 0 Å². The van der Waals surface area contributed by atoms with Crippen LogP contribution in [0.15, 0.2) is 53.3 Å². The van der Waals surface area contributed by atoms with Crippen LogP contribution < -0.4 is 10.1 Å². The fourth-order valence-electron chi connectivity index (χ4n) is 4.04. The van der Waals surface area contributed by atoms with Gasteiger partial charge < -0.3 is 9.67 Å². The number of hydrogen-bond acceptors (Lipinski definition) is 4. The highest BCUT2D eigenvalue weighted by atomic mass is 32.1. The van der Waals surface area contributed by atoms with E-state index in [1.165, 1.54) is 11.3 Å². The van der Waals surface area contributed by atoms with Crippen LogP contribution in [-0.4, -0.2) is 25.0 Å². The highest BCUT2D eigenvalue weighted by molar-refractivity contribution is 7.15. The molecule has 5 aromatic rings. The molecule has 3 heterocycles. The predicted octanol–water partition coefficient (Wildman–Crippen LogP) is 3.87. The summed E-state index contributed by atoms with van der Waals surface area (Å²) in [7, 11) is 0. The summed E-state index contributed by atoms with van der Waals surface area (Å²) in [5.74, 6) is -0.958. The molecule has 0 spiro atoms. The number of benzene rings is 2. The molecule has 31 heavy (non-hydrogen) atoms. The van der Waals surface area contributed by atoms with E-state index in [-0.39, 0.29) is 11.1 Å². The molecule has 0 aliphatic carbocycles. The van der Waals surface area contributed by atoms with Gasteiger partial charge in [0.25, 0.3) is 5.56 Å². The van der Waals surface area contributed by atoms with Crippen LogP contribution in [0.25, 0.3) is 27.8 Å². The molecule has 1 N–H and O–H groups in total. The van der Waals surface area contributed by atoms with E-state index in [1.807, 2.05) is 67.8 Å². The number of nitrogens with zero attached hydrogens (tertiary/aromatic N) is 3. The SMILES string of the molecule is Cc1ccc(C(=O)O)cc1-n1c(C)cc(C=c2sc3nc4ccccc4n3c2=O)c1C. The van der Waals surface area contributed by atoms with Crippen molar-refractivity contribution in [2.24, 2.45) is 0 Å². The highest BCUT2D eigenvalue weighted by Crippen LogP contribution is 2.25. The van der Waals surface area contributed by atoms with E-state index >= 15 is 0 Å². The van der Waals surface area contributed by atoms with Crippen LogP contribution in [0.5, 0.6) is 0 Å². The second-order valence-corrected chi connectivity index (χ2v) is 8.61. The molecule has 5 rings (SSSR count). The average molecular weight is 430 g/mol. The van der Waals surface area contributed by atoms with Crippen LogP contribution in [-0.2, 0) is 0 Å². The van der Waals surface area contributed by atoms with E-state index in [1.54, 1.807) is 16.5 Å². The van der Waals surface area contributed by atoms with Crippen LogP contribution in [0.1, 0.15) is 32.9 Å². The Bertz CT molecular complexity index is 1620. The molecule has 0 saturated carbocycles. The molecular formula is C24H19N3O3S. The van der Waals surface area contributed by atoms with Crippen molar-refractivity contribution in [3.8, 4) is 5.69 Å². The van der Waals surface area contributed by atoms with Crippen LogP contribution >= 0.6 is 11.3 Å². The topological polar surface area (TPSA) is 76.6 Å². The van der Waals surface area contributed by atoms with Gasteiger partial charge in [0.15, 0.2) is 4.96 Å². The number of para-hydroxylation sites is 2. The molecule has 0 radical (unpaired) electrons. The first-order chi connectivity index (χ1) is 14.8. The Morgan fingerprint density at radius 1 is 1.10 bits per heavy atom. The minimum Gasteiger partial charge on any atom is -0.478 e. The zero-order valence-electron chi connectivity index (χ0n) is 17.2. The lowest BCUT2D eigenvalue weighted by Crippen LogP contribution is -2.22. The van der Waals surface area contributed by atoms with Gasteiger partial charge in [-0.05, 0) is 68.3 Å². The normalized spacial score (nSPS) is 12.3. The van der Waals surface area contributed by atoms with Gasteiger partial charge in [0.2, 0.25) is 0 Å². The molecule has 7 heteroatoms. The summed E-state index contributed by atoms with van der Waals surface area (Å²) in [6.07, 6.45) is 1.89. The Hall–Kier alpha value is -3.71. The molecule has 0 atom stereocenters. The molecule has 0 amide bonds. The Kier molecular flexibility index (Phi) is 4.30. The third-order valence-electron chi connectivity index (χ3n) is 5.60. The number of carboxylic acid groups (broad SMARTS) is 1. The number of carboxylic acids is 1.